The maximum atomic E-state index is 5.77. The van der Waals surface area contributed by atoms with E-state index in [0.717, 1.165) is 23.0 Å². The average Bonchev–Trinajstić information content (AvgIpc) is 2.92. The van der Waals surface area contributed by atoms with Crippen molar-refractivity contribution in [2.24, 2.45) is 0 Å². The van der Waals surface area contributed by atoms with Gasteiger partial charge in [-0.2, -0.15) is 0 Å². The van der Waals surface area contributed by atoms with Gasteiger partial charge in [0.25, 0.3) is 0 Å². The molecule has 20 heavy (non-hydrogen) atoms. The van der Waals surface area contributed by atoms with Crippen LogP contribution < -0.4 is 16.4 Å². The van der Waals surface area contributed by atoms with E-state index < -0.39 is 0 Å². The van der Waals surface area contributed by atoms with E-state index in [1.54, 1.807) is 6.33 Å². The molecule has 1 aliphatic carbocycles. The van der Waals surface area contributed by atoms with E-state index in [2.05, 4.69) is 20.6 Å². The quantitative estimate of drug-likeness (QED) is 0.743. The second kappa shape index (κ2) is 5.77. The summed E-state index contributed by atoms with van der Waals surface area (Å²) in [6.45, 7) is 0. The topological polar surface area (TPSA) is 75.9 Å². The minimum atomic E-state index is 0.546. The summed E-state index contributed by atoms with van der Waals surface area (Å²) in [5.74, 6) is 1.64. The lowest BCUT2D eigenvalue weighted by Crippen LogP contribution is -2.15. The second-order valence-electron chi connectivity index (χ2n) is 5.16. The number of rotatable bonds is 4. The van der Waals surface area contributed by atoms with Crippen LogP contribution in [0.2, 0.25) is 0 Å². The first-order chi connectivity index (χ1) is 9.79. The van der Waals surface area contributed by atoms with Gasteiger partial charge in [-0.15, -0.1) is 0 Å². The van der Waals surface area contributed by atoms with Gasteiger partial charge in [0.05, 0.1) is 0 Å². The summed E-state index contributed by atoms with van der Waals surface area (Å²) in [5.41, 5.74) is 7.42. The lowest BCUT2D eigenvalue weighted by Gasteiger charge is -2.13. The van der Waals surface area contributed by atoms with Crippen molar-refractivity contribution in [1.82, 2.24) is 9.97 Å². The van der Waals surface area contributed by atoms with Gasteiger partial charge < -0.3 is 16.4 Å². The third-order valence-corrected chi connectivity index (χ3v) is 3.53. The molecule has 2 aromatic rings. The largest absolute Gasteiger partial charge is 0.399 e. The van der Waals surface area contributed by atoms with E-state index in [1.165, 1.54) is 25.7 Å². The van der Waals surface area contributed by atoms with Gasteiger partial charge in [-0.3, -0.25) is 0 Å². The molecule has 3 rings (SSSR count). The monoisotopic (exact) mass is 269 g/mol. The molecule has 0 unspecified atom stereocenters. The molecule has 0 aliphatic heterocycles. The Balaban J connectivity index is 1.70. The molecular weight excluding hydrogens is 250 g/mol. The van der Waals surface area contributed by atoms with Gasteiger partial charge in [0.15, 0.2) is 0 Å². The lowest BCUT2D eigenvalue weighted by molar-refractivity contribution is 0.750. The minimum Gasteiger partial charge on any atom is -0.399 e. The van der Waals surface area contributed by atoms with Crippen molar-refractivity contribution in [3.8, 4) is 0 Å². The van der Waals surface area contributed by atoms with Gasteiger partial charge in [0, 0.05) is 23.5 Å². The number of anilines is 4. The number of aromatic nitrogens is 2. The lowest BCUT2D eigenvalue weighted by atomic mass is 10.2. The summed E-state index contributed by atoms with van der Waals surface area (Å²) >= 11 is 0. The molecule has 1 fully saturated rings. The van der Waals surface area contributed by atoms with Crippen LogP contribution in [0.1, 0.15) is 25.7 Å². The molecule has 0 bridgehead atoms. The molecule has 0 amide bonds. The fraction of sp³-hybridized carbons (Fsp3) is 0.333. The van der Waals surface area contributed by atoms with E-state index in [0.29, 0.717) is 6.04 Å². The van der Waals surface area contributed by atoms with Crippen molar-refractivity contribution < 1.29 is 0 Å². The molecule has 0 saturated heterocycles. The van der Waals surface area contributed by atoms with E-state index in [1.807, 2.05) is 30.3 Å². The molecule has 0 atom stereocenters. The maximum Gasteiger partial charge on any atom is 0.135 e. The highest BCUT2D eigenvalue weighted by molar-refractivity contribution is 5.62. The van der Waals surface area contributed by atoms with E-state index in [-0.39, 0.29) is 0 Å². The summed E-state index contributed by atoms with van der Waals surface area (Å²) in [7, 11) is 0. The predicted octanol–water partition coefficient (Wildman–Crippen LogP) is 3.16. The van der Waals surface area contributed by atoms with E-state index in [9.17, 15) is 0 Å². The zero-order valence-corrected chi connectivity index (χ0v) is 11.3. The van der Waals surface area contributed by atoms with Gasteiger partial charge in [-0.25, -0.2) is 9.97 Å². The van der Waals surface area contributed by atoms with Crippen LogP contribution in [0.3, 0.4) is 0 Å². The Bertz CT molecular complexity index is 578. The summed E-state index contributed by atoms with van der Waals surface area (Å²) < 4.78 is 0. The number of benzene rings is 1. The molecule has 5 heteroatoms. The molecule has 104 valence electrons. The number of nitrogen functional groups attached to an aromatic ring is 1. The Hall–Kier alpha value is -2.30. The Morgan fingerprint density at radius 1 is 1.05 bits per heavy atom. The number of hydrogen-bond acceptors (Lipinski definition) is 5. The van der Waals surface area contributed by atoms with Gasteiger partial charge in [0.2, 0.25) is 0 Å². The van der Waals surface area contributed by atoms with E-state index >= 15 is 0 Å². The molecule has 1 aromatic carbocycles. The Kier molecular flexibility index (Phi) is 3.67. The molecule has 1 aromatic heterocycles. The van der Waals surface area contributed by atoms with Crippen molar-refractivity contribution in [2.45, 2.75) is 31.7 Å². The van der Waals surface area contributed by atoms with Crippen LogP contribution in [-0.2, 0) is 0 Å². The zero-order valence-electron chi connectivity index (χ0n) is 11.3. The first-order valence-electron chi connectivity index (χ1n) is 7.01. The Morgan fingerprint density at radius 3 is 2.65 bits per heavy atom. The van der Waals surface area contributed by atoms with Crippen molar-refractivity contribution in [3.05, 3.63) is 36.7 Å². The zero-order chi connectivity index (χ0) is 13.8. The van der Waals surface area contributed by atoms with Gasteiger partial charge in [-0.05, 0) is 31.0 Å². The minimum absolute atomic E-state index is 0.546. The van der Waals surface area contributed by atoms with Gasteiger partial charge in [-0.1, -0.05) is 18.9 Å². The smallest absolute Gasteiger partial charge is 0.135 e. The van der Waals surface area contributed by atoms with Gasteiger partial charge in [0.1, 0.15) is 18.0 Å². The van der Waals surface area contributed by atoms with Crippen molar-refractivity contribution in [1.29, 1.82) is 0 Å². The number of hydrogen-bond donors (Lipinski definition) is 3. The molecule has 5 nitrogen and oxygen atoms in total. The SMILES string of the molecule is Nc1cccc(Nc2cc(NC3CCCC3)ncn2)c1. The molecule has 0 radical (unpaired) electrons. The molecular formula is C15H19N5. The normalized spacial score (nSPS) is 15.2. The Morgan fingerprint density at radius 2 is 1.85 bits per heavy atom. The summed E-state index contributed by atoms with van der Waals surface area (Å²) in [6, 6.07) is 10.1. The van der Waals surface area contributed by atoms with Crippen LogP contribution in [0.4, 0.5) is 23.0 Å². The van der Waals surface area contributed by atoms with E-state index in [4.69, 9.17) is 5.73 Å². The highest BCUT2D eigenvalue weighted by atomic mass is 15.1. The standard InChI is InChI=1S/C15H19N5/c16-11-4-3-7-13(8-11)20-15-9-14(17-10-18-15)19-12-5-1-2-6-12/h3-4,7-10,12H,1-2,5-6,16H2,(H2,17,18,19,20). The fourth-order valence-corrected chi connectivity index (χ4v) is 2.55. The fourth-order valence-electron chi connectivity index (χ4n) is 2.55. The van der Waals surface area contributed by atoms with Crippen LogP contribution in [-0.4, -0.2) is 16.0 Å². The third kappa shape index (κ3) is 3.17. The molecule has 1 aliphatic rings. The van der Waals surface area contributed by atoms with Crippen LogP contribution in [0.5, 0.6) is 0 Å². The summed E-state index contributed by atoms with van der Waals surface area (Å²) in [5, 5.41) is 6.70. The van der Waals surface area contributed by atoms with Crippen LogP contribution in [0.25, 0.3) is 0 Å². The van der Waals surface area contributed by atoms with Crippen LogP contribution >= 0.6 is 0 Å². The number of nitrogens with two attached hydrogens (primary N) is 1. The average molecular weight is 269 g/mol. The molecule has 0 spiro atoms. The first-order valence-corrected chi connectivity index (χ1v) is 7.01. The maximum absolute atomic E-state index is 5.77. The Labute approximate surface area is 118 Å². The van der Waals surface area contributed by atoms with Crippen molar-refractivity contribution in [3.63, 3.8) is 0 Å². The molecule has 4 N–H and O–H groups in total. The van der Waals surface area contributed by atoms with Crippen LogP contribution in [0, 0.1) is 0 Å². The van der Waals surface area contributed by atoms with Gasteiger partial charge >= 0.3 is 0 Å². The summed E-state index contributed by atoms with van der Waals surface area (Å²) in [4.78, 5) is 8.51. The highest BCUT2D eigenvalue weighted by Crippen LogP contribution is 2.23. The highest BCUT2D eigenvalue weighted by Gasteiger charge is 2.15. The van der Waals surface area contributed by atoms with Crippen molar-refractivity contribution >= 4 is 23.0 Å². The number of nitrogens with zero attached hydrogens (tertiary/aromatic N) is 2. The van der Waals surface area contributed by atoms with Crippen molar-refractivity contribution in [2.75, 3.05) is 16.4 Å². The summed E-state index contributed by atoms with van der Waals surface area (Å²) in [6.07, 6.45) is 6.63. The number of nitrogens with one attached hydrogen (secondary N) is 2. The molecule has 1 heterocycles. The van der Waals surface area contributed by atoms with Crippen LogP contribution in [0.15, 0.2) is 36.7 Å². The second-order valence-corrected chi connectivity index (χ2v) is 5.16. The third-order valence-electron chi connectivity index (χ3n) is 3.53. The first kappa shape index (κ1) is 12.7. The predicted molar refractivity (Wildman–Crippen MR) is 82.0 cm³/mol. The molecule has 1 saturated carbocycles.